The first-order chi connectivity index (χ1) is 12.6. The summed E-state index contributed by atoms with van der Waals surface area (Å²) in [5, 5.41) is 3.10. The van der Waals surface area contributed by atoms with Crippen LogP contribution in [0.3, 0.4) is 0 Å². The molecule has 3 N–H and O–H groups in total. The molecule has 134 valence electrons. The Hall–Kier alpha value is -2.87. The van der Waals surface area contributed by atoms with Gasteiger partial charge in [-0.1, -0.05) is 24.3 Å². The normalized spacial score (nSPS) is 10.5. The van der Waals surface area contributed by atoms with Crippen molar-refractivity contribution >= 4 is 29.3 Å². The Kier molecular flexibility index (Phi) is 5.85. The van der Waals surface area contributed by atoms with Crippen molar-refractivity contribution in [1.29, 1.82) is 0 Å². The molecule has 3 rings (SSSR count). The van der Waals surface area contributed by atoms with Crippen molar-refractivity contribution in [2.45, 2.75) is 11.5 Å². The summed E-state index contributed by atoms with van der Waals surface area (Å²) in [6.45, 7) is 0. The number of ether oxygens (including phenoxy) is 1. The highest BCUT2D eigenvalue weighted by Crippen LogP contribution is 2.26. The smallest absolute Gasteiger partial charge is 0.232 e. The predicted octanol–water partition coefficient (Wildman–Crippen LogP) is 3.78. The summed E-state index contributed by atoms with van der Waals surface area (Å²) in [5.41, 5.74) is 7.57. The lowest BCUT2D eigenvalue weighted by molar-refractivity contribution is 0.417. The molecule has 0 spiro atoms. The Balaban J connectivity index is 1.66. The fourth-order valence-electron chi connectivity index (χ4n) is 2.27. The van der Waals surface area contributed by atoms with Crippen LogP contribution in [-0.4, -0.2) is 22.1 Å². The zero-order valence-corrected chi connectivity index (χ0v) is 15.0. The van der Waals surface area contributed by atoms with Gasteiger partial charge in [-0.3, -0.25) is 0 Å². The number of benzene rings is 2. The van der Waals surface area contributed by atoms with E-state index in [0.29, 0.717) is 23.3 Å². The van der Waals surface area contributed by atoms with E-state index in [2.05, 4.69) is 20.3 Å². The van der Waals surface area contributed by atoms with E-state index in [9.17, 15) is 4.39 Å². The molecule has 0 bridgehead atoms. The highest BCUT2D eigenvalue weighted by molar-refractivity contribution is 7.97. The third kappa shape index (κ3) is 4.82. The number of nitrogens with one attached hydrogen (secondary N) is 1. The third-order valence-electron chi connectivity index (χ3n) is 3.47. The lowest BCUT2D eigenvalue weighted by atomic mass is 10.2. The van der Waals surface area contributed by atoms with Gasteiger partial charge in [-0.2, -0.15) is 15.0 Å². The number of nitrogens with zero attached hydrogens (tertiary/aromatic N) is 3. The monoisotopic (exact) mass is 371 g/mol. The van der Waals surface area contributed by atoms with E-state index < -0.39 is 0 Å². The van der Waals surface area contributed by atoms with Crippen LogP contribution in [0.15, 0.2) is 48.5 Å². The first-order valence-corrected chi connectivity index (χ1v) is 9.02. The molecule has 6 nitrogen and oxygen atoms in total. The average Bonchev–Trinajstić information content (AvgIpc) is 2.63. The van der Waals surface area contributed by atoms with Gasteiger partial charge in [0.1, 0.15) is 17.4 Å². The molecule has 0 saturated heterocycles. The SMILES string of the molecule is COc1ccccc1Nc1nc(N)nc(CSCc2ccc(F)cc2)n1. The summed E-state index contributed by atoms with van der Waals surface area (Å²) in [6.07, 6.45) is 0. The molecule has 2 aromatic carbocycles. The van der Waals surface area contributed by atoms with Gasteiger partial charge in [-0.05, 0) is 29.8 Å². The molecule has 3 aromatic rings. The Labute approximate surface area is 155 Å². The van der Waals surface area contributed by atoms with Gasteiger partial charge >= 0.3 is 0 Å². The molecule has 0 atom stereocenters. The summed E-state index contributed by atoms with van der Waals surface area (Å²) < 4.78 is 18.2. The number of methoxy groups -OCH3 is 1. The number of hydrogen-bond donors (Lipinski definition) is 2. The van der Waals surface area contributed by atoms with Gasteiger partial charge in [-0.25, -0.2) is 4.39 Å². The molecule has 0 radical (unpaired) electrons. The van der Waals surface area contributed by atoms with Crippen LogP contribution in [0.2, 0.25) is 0 Å². The van der Waals surface area contributed by atoms with Crippen molar-refractivity contribution in [1.82, 2.24) is 15.0 Å². The number of rotatable bonds is 7. The Morgan fingerprint density at radius 1 is 1.04 bits per heavy atom. The number of nitrogen functional groups attached to an aromatic ring is 1. The number of aromatic nitrogens is 3. The second-order valence-electron chi connectivity index (χ2n) is 5.38. The maximum atomic E-state index is 12.9. The second-order valence-corrected chi connectivity index (χ2v) is 6.36. The van der Waals surface area contributed by atoms with E-state index in [0.717, 1.165) is 17.0 Å². The molecule has 0 aliphatic heterocycles. The number of hydrogen-bond acceptors (Lipinski definition) is 7. The standard InChI is InChI=1S/C18H18FN5OS/c1-25-15-5-3-2-4-14(15)21-18-23-16(22-17(20)24-18)11-26-10-12-6-8-13(19)9-7-12/h2-9H,10-11H2,1H3,(H3,20,21,22,23,24). The van der Waals surface area contributed by atoms with Crippen LogP contribution in [0.25, 0.3) is 0 Å². The van der Waals surface area contributed by atoms with Crippen molar-refractivity contribution in [2.75, 3.05) is 18.2 Å². The van der Waals surface area contributed by atoms with Crippen molar-refractivity contribution < 1.29 is 9.13 Å². The maximum absolute atomic E-state index is 12.9. The van der Waals surface area contributed by atoms with Gasteiger partial charge < -0.3 is 15.8 Å². The molecule has 8 heteroatoms. The molecule has 0 unspecified atom stereocenters. The topological polar surface area (TPSA) is 86.0 Å². The quantitative estimate of drug-likeness (QED) is 0.654. The summed E-state index contributed by atoms with van der Waals surface area (Å²) in [4.78, 5) is 12.7. The van der Waals surface area contributed by atoms with E-state index in [4.69, 9.17) is 10.5 Å². The van der Waals surface area contributed by atoms with Crippen LogP contribution in [0.5, 0.6) is 5.75 Å². The molecule has 1 aromatic heterocycles. The molecule has 0 saturated carbocycles. The van der Waals surface area contributed by atoms with Crippen molar-refractivity contribution in [3.63, 3.8) is 0 Å². The summed E-state index contributed by atoms with van der Waals surface area (Å²) in [7, 11) is 1.60. The fraction of sp³-hybridized carbons (Fsp3) is 0.167. The van der Waals surface area contributed by atoms with Gasteiger partial charge in [0.05, 0.1) is 18.6 Å². The molecule has 26 heavy (non-hydrogen) atoms. The summed E-state index contributed by atoms with van der Waals surface area (Å²) in [5.74, 6) is 2.80. The van der Waals surface area contributed by atoms with E-state index in [1.165, 1.54) is 12.1 Å². The minimum Gasteiger partial charge on any atom is -0.495 e. The largest absolute Gasteiger partial charge is 0.495 e. The number of halogens is 1. The zero-order chi connectivity index (χ0) is 18.4. The van der Waals surface area contributed by atoms with Crippen LogP contribution >= 0.6 is 11.8 Å². The highest BCUT2D eigenvalue weighted by atomic mass is 32.2. The molecular formula is C18H18FN5OS. The molecule has 0 aliphatic carbocycles. The molecule has 0 amide bonds. The van der Waals surface area contributed by atoms with Gasteiger partial charge in [0.25, 0.3) is 0 Å². The molecule has 1 heterocycles. The lowest BCUT2D eigenvalue weighted by Crippen LogP contribution is -2.07. The Morgan fingerprint density at radius 2 is 1.81 bits per heavy atom. The average molecular weight is 371 g/mol. The van der Waals surface area contributed by atoms with E-state index in [1.54, 1.807) is 31.0 Å². The molecular weight excluding hydrogens is 353 g/mol. The number of anilines is 3. The van der Waals surface area contributed by atoms with E-state index >= 15 is 0 Å². The van der Waals surface area contributed by atoms with Gasteiger partial charge in [0, 0.05) is 5.75 Å². The van der Waals surface area contributed by atoms with Crippen molar-refractivity contribution in [2.24, 2.45) is 0 Å². The Morgan fingerprint density at radius 3 is 2.58 bits per heavy atom. The van der Waals surface area contributed by atoms with Crippen molar-refractivity contribution in [3.8, 4) is 5.75 Å². The highest BCUT2D eigenvalue weighted by Gasteiger charge is 2.08. The minimum atomic E-state index is -0.240. The first kappa shape index (κ1) is 17.9. The summed E-state index contributed by atoms with van der Waals surface area (Å²) in [6, 6.07) is 13.9. The van der Waals surface area contributed by atoms with Crippen LogP contribution in [-0.2, 0) is 11.5 Å². The fourth-order valence-corrected chi connectivity index (χ4v) is 3.11. The van der Waals surface area contributed by atoms with Gasteiger partial charge in [-0.15, -0.1) is 11.8 Å². The molecule has 0 aliphatic rings. The van der Waals surface area contributed by atoms with Crippen LogP contribution in [0, 0.1) is 5.82 Å². The third-order valence-corrected chi connectivity index (χ3v) is 4.47. The van der Waals surface area contributed by atoms with E-state index in [-0.39, 0.29) is 11.8 Å². The maximum Gasteiger partial charge on any atom is 0.232 e. The first-order valence-electron chi connectivity index (χ1n) is 7.86. The van der Waals surface area contributed by atoms with Crippen LogP contribution in [0.4, 0.5) is 22.0 Å². The number of thioether (sulfide) groups is 1. The van der Waals surface area contributed by atoms with Gasteiger partial charge in [0.2, 0.25) is 11.9 Å². The van der Waals surface area contributed by atoms with Gasteiger partial charge in [0.15, 0.2) is 0 Å². The molecule has 0 fully saturated rings. The second kappa shape index (κ2) is 8.48. The lowest BCUT2D eigenvalue weighted by Gasteiger charge is -2.10. The van der Waals surface area contributed by atoms with Crippen LogP contribution in [0.1, 0.15) is 11.4 Å². The zero-order valence-electron chi connectivity index (χ0n) is 14.1. The number of nitrogens with two attached hydrogens (primary N) is 1. The van der Waals surface area contributed by atoms with Crippen LogP contribution < -0.4 is 15.8 Å². The predicted molar refractivity (Wildman–Crippen MR) is 102 cm³/mol. The minimum absolute atomic E-state index is 0.148. The Bertz CT molecular complexity index is 876. The summed E-state index contributed by atoms with van der Waals surface area (Å²) >= 11 is 1.61. The van der Waals surface area contributed by atoms with Crippen molar-refractivity contribution in [3.05, 3.63) is 65.7 Å². The number of para-hydroxylation sites is 2. The van der Waals surface area contributed by atoms with E-state index in [1.807, 2.05) is 24.3 Å².